The normalized spacial score (nSPS) is 14.0. The summed E-state index contributed by atoms with van der Waals surface area (Å²) in [6, 6.07) is 19.8. The van der Waals surface area contributed by atoms with E-state index < -0.39 is 17.8 Å². The summed E-state index contributed by atoms with van der Waals surface area (Å²) in [5.41, 5.74) is 4.32. The van der Waals surface area contributed by atoms with Crippen molar-refractivity contribution in [1.29, 1.82) is 0 Å². The number of carbonyl (C=O) groups is 2. The molecule has 1 aliphatic rings. The van der Waals surface area contributed by atoms with Crippen molar-refractivity contribution < 1.29 is 33.7 Å². The van der Waals surface area contributed by atoms with E-state index in [0.29, 0.717) is 18.8 Å². The van der Waals surface area contributed by atoms with Gasteiger partial charge in [0, 0.05) is 11.1 Å². The zero-order chi connectivity index (χ0) is 30.4. The minimum Gasteiger partial charge on any atom is -0.490 e. The molecule has 0 saturated heterocycles. The van der Waals surface area contributed by atoms with Crippen LogP contribution in [0.5, 0.6) is 11.5 Å². The fourth-order valence-electron chi connectivity index (χ4n) is 5.45. The average molecular weight is 584 g/mol. The number of carboxylic acid groups (broad SMARTS) is 2. The number of benzene rings is 3. The van der Waals surface area contributed by atoms with Gasteiger partial charge >= 0.3 is 11.9 Å². The maximum Gasteiger partial charge on any atom is 0.323 e. The topological polar surface area (TPSA) is 98.0 Å². The van der Waals surface area contributed by atoms with Gasteiger partial charge in [0.05, 0.1) is 11.9 Å². The third kappa shape index (κ3) is 7.33. The van der Waals surface area contributed by atoms with Crippen molar-refractivity contribution in [3.05, 3.63) is 107 Å². The predicted octanol–water partition coefficient (Wildman–Crippen LogP) is 7.16. The number of rotatable bonds is 14. The summed E-state index contributed by atoms with van der Waals surface area (Å²) in [4.78, 5) is 23.3. The van der Waals surface area contributed by atoms with Gasteiger partial charge in [-0.3, -0.25) is 9.59 Å². The summed E-state index contributed by atoms with van der Waals surface area (Å²) >= 11 is 0. The van der Waals surface area contributed by atoms with Gasteiger partial charge in [0.15, 0.2) is 11.6 Å². The number of ether oxygens (including phenoxy) is 2. The molecule has 1 fully saturated rings. The second-order valence-corrected chi connectivity index (χ2v) is 11.0. The van der Waals surface area contributed by atoms with Crippen LogP contribution in [0.4, 0.5) is 4.39 Å². The fourth-order valence-corrected chi connectivity index (χ4v) is 5.45. The Hall–Kier alpha value is -4.85. The van der Waals surface area contributed by atoms with Gasteiger partial charge in [0.1, 0.15) is 25.5 Å². The first-order chi connectivity index (χ1) is 20.7. The van der Waals surface area contributed by atoms with Gasteiger partial charge in [0.2, 0.25) is 0 Å². The number of fused-ring (bicyclic) bond motifs is 1. The third-order valence-corrected chi connectivity index (χ3v) is 7.85. The van der Waals surface area contributed by atoms with Crippen molar-refractivity contribution in [3.8, 4) is 11.5 Å². The van der Waals surface area contributed by atoms with E-state index in [4.69, 9.17) is 9.47 Å². The smallest absolute Gasteiger partial charge is 0.323 e. The Morgan fingerprint density at radius 2 is 1.63 bits per heavy atom. The third-order valence-electron chi connectivity index (χ3n) is 7.85. The first kappa shape index (κ1) is 29.6. The SMILES string of the molecule is Cc1c(CC2(CC(=O)O)CC2)c2cccc(/C=C/c3ccc(OC/C=C/COc4ccccc4F)cc3)c2n1CC(=O)O. The van der Waals surface area contributed by atoms with Gasteiger partial charge < -0.3 is 24.3 Å². The Balaban J connectivity index is 1.26. The lowest BCUT2D eigenvalue weighted by Crippen LogP contribution is -2.13. The van der Waals surface area contributed by atoms with Crippen molar-refractivity contribution in [2.75, 3.05) is 13.2 Å². The van der Waals surface area contributed by atoms with Crippen LogP contribution in [0.1, 0.15) is 41.6 Å². The van der Waals surface area contributed by atoms with Crippen LogP contribution in [0, 0.1) is 18.2 Å². The molecule has 5 rings (SSSR count). The van der Waals surface area contributed by atoms with E-state index in [9.17, 15) is 24.2 Å². The van der Waals surface area contributed by atoms with Gasteiger partial charge in [-0.1, -0.05) is 54.6 Å². The Labute approximate surface area is 249 Å². The molecule has 0 radical (unpaired) electrons. The van der Waals surface area contributed by atoms with Crippen molar-refractivity contribution in [1.82, 2.24) is 4.57 Å². The van der Waals surface area contributed by atoms with Crippen LogP contribution in [0.15, 0.2) is 78.9 Å². The van der Waals surface area contributed by atoms with Crippen molar-refractivity contribution in [3.63, 3.8) is 0 Å². The molecule has 2 N–H and O–H groups in total. The molecule has 8 heteroatoms. The summed E-state index contributed by atoms with van der Waals surface area (Å²) < 4.78 is 26.6. The molecule has 1 aromatic heterocycles. The van der Waals surface area contributed by atoms with Crippen LogP contribution in [0.3, 0.4) is 0 Å². The number of carboxylic acids is 2. The molecule has 0 aliphatic heterocycles. The number of aromatic nitrogens is 1. The molecule has 0 bridgehead atoms. The van der Waals surface area contributed by atoms with E-state index in [1.54, 1.807) is 24.3 Å². The van der Waals surface area contributed by atoms with Gasteiger partial charge in [-0.2, -0.15) is 0 Å². The molecule has 0 amide bonds. The predicted molar refractivity (Wildman–Crippen MR) is 164 cm³/mol. The highest BCUT2D eigenvalue weighted by molar-refractivity contribution is 5.95. The summed E-state index contributed by atoms with van der Waals surface area (Å²) in [6.45, 7) is 2.33. The molecule has 0 spiro atoms. The number of aliphatic carboxylic acids is 2. The van der Waals surface area contributed by atoms with Crippen LogP contribution >= 0.6 is 0 Å². The highest BCUT2D eigenvalue weighted by atomic mass is 19.1. The first-order valence-electron chi connectivity index (χ1n) is 14.2. The molecule has 3 aromatic carbocycles. The molecule has 0 unspecified atom stereocenters. The summed E-state index contributed by atoms with van der Waals surface area (Å²) in [5.74, 6) is -1.22. The largest absolute Gasteiger partial charge is 0.490 e. The summed E-state index contributed by atoms with van der Waals surface area (Å²) in [7, 11) is 0. The molecule has 43 heavy (non-hydrogen) atoms. The summed E-state index contributed by atoms with van der Waals surface area (Å²) in [5, 5.41) is 20.0. The van der Waals surface area contributed by atoms with E-state index in [-0.39, 0.29) is 30.7 Å². The van der Waals surface area contributed by atoms with E-state index in [1.165, 1.54) is 6.07 Å². The highest BCUT2D eigenvalue weighted by Crippen LogP contribution is 2.52. The number of hydrogen-bond acceptors (Lipinski definition) is 4. The minimum atomic E-state index is -0.931. The minimum absolute atomic E-state index is 0.123. The molecule has 1 saturated carbocycles. The number of para-hydroxylation sites is 2. The zero-order valence-electron chi connectivity index (χ0n) is 24.0. The monoisotopic (exact) mass is 583 g/mol. The maximum absolute atomic E-state index is 13.6. The van der Waals surface area contributed by atoms with Gasteiger partial charge in [0.25, 0.3) is 0 Å². The molecule has 0 atom stereocenters. The molecule has 1 aliphatic carbocycles. The Morgan fingerprint density at radius 3 is 2.30 bits per heavy atom. The standard InChI is InChI=1S/C35H34FNO6/c1-24-29(21-35(17-18-35)22-32(38)39)28-8-6-7-26(34(28)37(24)23-33(40)41)14-11-25-12-15-27(16-13-25)42-19-4-5-20-43-31-10-3-2-9-30(31)36/h2-16H,17-23H2,1H3,(H,38,39)(H,40,41)/b5-4+,14-11+. The van der Waals surface area contributed by atoms with Crippen molar-refractivity contribution in [2.45, 2.75) is 39.2 Å². The number of nitrogens with zero attached hydrogens (tertiary/aromatic N) is 1. The Kier molecular flexibility index (Phi) is 8.95. The summed E-state index contributed by atoms with van der Waals surface area (Å²) in [6.07, 6.45) is 10.0. The van der Waals surface area contributed by atoms with E-state index in [1.807, 2.05) is 72.2 Å². The van der Waals surface area contributed by atoms with E-state index in [0.717, 1.165) is 46.1 Å². The van der Waals surface area contributed by atoms with Crippen molar-refractivity contribution >= 4 is 35.0 Å². The number of hydrogen-bond donors (Lipinski definition) is 2. The van der Waals surface area contributed by atoms with Gasteiger partial charge in [-0.15, -0.1) is 0 Å². The van der Waals surface area contributed by atoms with Crippen LogP contribution < -0.4 is 9.47 Å². The zero-order valence-corrected chi connectivity index (χ0v) is 24.0. The quantitative estimate of drug-likeness (QED) is 0.121. The Bertz CT molecular complexity index is 1680. The number of halogens is 1. The maximum atomic E-state index is 13.6. The van der Waals surface area contributed by atoms with Crippen LogP contribution in [0.25, 0.3) is 23.1 Å². The second-order valence-electron chi connectivity index (χ2n) is 11.0. The Morgan fingerprint density at radius 1 is 0.907 bits per heavy atom. The molecular weight excluding hydrogens is 549 g/mol. The van der Waals surface area contributed by atoms with E-state index >= 15 is 0 Å². The second kappa shape index (κ2) is 13.0. The van der Waals surface area contributed by atoms with E-state index in [2.05, 4.69) is 0 Å². The fraction of sp³-hybridized carbons (Fsp3) is 0.257. The molecular formula is C35H34FNO6. The molecule has 1 heterocycles. The van der Waals surface area contributed by atoms with Crippen molar-refractivity contribution in [2.24, 2.45) is 5.41 Å². The molecule has 4 aromatic rings. The van der Waals surface area contributed by atoms with Crippen LogP contribution in [-0.4, -0.2) is 39.9 Å². The lowest BCUT2D eigenvalue weighted by Gasteiger charge is -2.13. The van der Waals surface area contributed by atoms with Crippen LogP contribution in [-0.2, 0) is 22.6 Å². The van der Waals surface area contributed by atoms with Crippen LogP contribution in [0.2, 0.25) is 0 Å². The highest BCUT2D eigenvalue weighted by Gasteiger charge is 2.45. The lowest BCUT2D eigenvalue weighted by molar-refractivity contribution is -0.139. The molecule has 7 nitrogen and oxygen atoms in total. The lowest BCUT2D eigenvalue weighted by atomic mass is 9.91. The molecule has 222 valence electrons. The van der Waals surface area contributed by atoms with Gasteiger partial charge in [-0.05, 0) is 84.7 Å². The van der Waals surface area contributed by atoms with Gasteiger partial charge in [-0.25, -0.2) is 4.39 Å². The first-order valence-corrected chi connectivity index (χ1v) is 14.2. The average Bonchev–Trinajstić information content (AvgIpc) is 3.69.